The number of amides is 2. The molecule has 1 fully saturated rings. The van der Waals surface area contributed by atoms with E-state index in [0.717, 1.165) is 27.7 Å². The Bertz CT molecular complexity index is 496. The summed E-state index contributed by atoms with van der Waals surface area (Å²) in [6.07, 6.45) is 0.411. The quantitative estimate of drug-likeness (QED) is 0.824. The van der Waals surface area contributed by atoms with Crippen LogP contribution in [0.1, 0.15) is 24.5 Å². The molecule has 0 aromatic heterocycles. The highest BCUT2D eigenvalue weighted by Gasteiger charge is 2.27. The van der Waals surface area contributed by atoms with Crippen molar-refractivity contribution in [3.8, 4) is 0 Å². The van der Waals surface area contributed by atoms with E-state index in [-0.39, 0.29) is 11.9 Å². The first-order chi connectivity index (χ1) is 9.38. The van der Waals surface area contributed by atoms with Crippen molar-refractivity contribution in [3.05, 3.63) is 27.7 Å². The molecule has 2 rings (SSSR count). The third-order valence-electron chi connectivity index (χ3n) is 3.94. The van der Waals surface area contributed by atoms with Gasteiger partial charge in [-0.25, -0.2) is 4.79 Å². The number of nitrogens with zero attached hydrogens (tertiary/aromatic N) is 1. The summed E-state index contributed by atoms with van der Waals surface area (Å²) >= 11 is 3.45. The predicted molar refractivity (Wildman–Crippen MR) is 84.0 cm³/mol. The second-order valence-electron chi connectivity index (χ2n) is 5.62. The maximum absolute atomic E-state index is 12.3. The van der Waals surface area contributed by atoms with Crippen LogP contribution in [-0.4, -0.2) is 35.2 Å². The van der Waals surface area contributed by atoms with Crippen LogP contribution in [0.2, 0.25) is 0 Å². The van der Waals surface area contributed by atoms with Crippen molar-refractivity contribution in [1.82, 2.24) is 4.90 Å². The van der Waals surface area contributed by atoms with Crippen LogP contribution < -0.4 is 5.32 Å². The number of hydrogen-bond donors (Lipinski definition) is 2. The minimum absolute atomic E-state index is 0.135. The van der Waals surface area contributed by atoms with Crippen molar-refractivity contribution in [3.63, 3.8) is 0 Å². The second kappa shape index (κ2) is 6.14. The van der Waals surface area contributed by atoms with Crippen LogP contribution in [0.25, 0.3) is 0 Å². The zero-order chi connectivity index (χ0) is 14.9. The lowest BCUT2D eigenvalue weighted by molar-refractivity contribution is 0.0463. The van der Waals surface area contributed by atoms with Crippen molar-refractivity contribution >= 4 is 27.6 Å². The van der Waals surface area contributed by atoms with Gasteiger partial charge in [0.25, 0.3) is 0 Å². The molecule has 0 aliphatic carbocycles. The van der Waals surface area contributed by atoms with E-state index < -0.39 is 6.10 Å². The minimum Gasteiger partial charge on any atom is -0.391 e. The molecule has 1 aromatic carbocycles. The van der Waals surface area contributed by atoms with E-state index in [9.17, 15) is 9.90 Å². The van der Waals surface area contributed by atoms with E-state index in [4.69, 9.17) is 0 Å². The Morgan fingerprint density at radius 1 is 1.40 bits per heavy atom. The van der Waals surface area contributed by atoms with Crippen molar-refractivity contribution in [1.29, 1.82) is 0 Å². The molecule has 1 saturated heterocycles. The lowest BCUT2D eigenvalue weighted by atomic mass is 9.96. The first-order valence-corrected chi connectivity index (χ1v) is 7.68. The lowest BCUT2D eigenvalue weighted by Gasteiger charge is -2.34. The lowest BCUT2D eigenvalue weighted by Crippen LogP contribution is -2.47. The van der Waals surface area contributed by atoms with E-state index in [1.807, 2.05) is 32.9 Å². The van der Waals surface area contributed by atoms with Crippen LogP contribution >= 0.6 is 15.9 Å². The summed E-state index contributed by atoms with van der Waals surface area (Å²) in [5.41, 5.74) is 2.90. The fraction of sp³-hybridized carbons (Fsp3) is 0.533. The van der Waals surface area contributed by atoms with Crippen LogP contribution in [-0.2, 0) is 0 Å². The molecule has 5 heteroatoms. The number of piperidine rings is 1. The summed E-state index contributed by atoms with van der Waals surface area (Å²) in [7, 11) is 0. The summed E-state index contributed by atoms with van der Waals surface area (Å²) in [5, 5.41) is 12.8. The number of β-amino-alcohol motifs (C(OH)–C–C–N with tert-alkyl or cyclic N) is 1. The number of benzene rings is 1. The Morgan fingerprint density at radius 3 is 2.55 bits per heavy atom. The number of aliphatic hydroxyl groups excluding tert-OH is 1. The van der Waals surface area contributed by atoms with Gasteiger partial charge in [0.05, 0.1) is 6.10 Å². The Morgan fingerprint density at radius 2 is 2.00 bits per heavy atom. The van der Waals surface area contributed by atoms with Crippen LogP contribution in [0.15, 0.2) is 16.6 Å². The first kappa shape index (κ1) is 15.3. The van der Waals surface area contributed by atoms with Gasteiger partial charge in [-0.05, 0) is 49.4 Å². The number of likely N-dealkylation sites (tertiary alicyclic amines) is 1. The molecule has 4 nitrogen and oxygen atoms in total. The molecular formula is C15H21BrN2O2. The molecule has 1 aliphatic heterocycles. The van der Waals surface area contributed by atoms with Gasteiger partial charge < -0.3 is 15.3 Å². The maximum Gasteiger partial charge on any atom is 0.321 e. The first-order valence-electron chi connectivity index (χ1n) is 6.89. The largest absolute Gasteiger partial charge is 0.391 e. The molecule has 0 spiro atoms. The standard InChI is InChI=1S/C15H21BrN2O2/c1-9-4-5-18(8-13(9)19)15(20)17-14-10(2)6-12(16)7-11(14)3/h6-7,9,13,19H,4-5,8H2,1-3H3,(H,17,20). The summed E-state index contributed by atoms with van der Waals surface area (Å²) in [4.78, 5) is 14.0. The molecule has 2 atom stereocenters. The summed E-state index contributed by atoms with van der Waals surface area (Å²) < 4.78 is 1.01. The van der Waals surface area contributed by atoms with Gasteiger partial charge in [0.1, 0.15) is 0 Å². The van der Waals surface area contributed by atoms with Gasteiger partial charge in [-0.15, -0.1) is 0 Å². The average Bonchev–Trinajstić information content (AvgIpc) is 2.36. The predicted octanol–water partition coefficient (Wildman–Crippen LogP) is 3.30. The average molecular weight is 341 g/mol. The highest BCUT2D eigenvalue weighted by molar-refractivity contribution is 9.10. The zero-order valence-electron chi connectivity index (χ0n) is 12.1. The number of aliphatic hydroxyl groups is 1. The molecule has 1 heterocycles. The molecule has 0 radical (unpaired) electrons. The number of carbonyl (C=O) groups is 1. The summed E-state index contributed by atoms with van der Waals surface area (Å²) in [6.45, 7) is 7.06. The second-order valence-corrected chi connectivity index (χ2v) is 6.54. The van der Waals surface area contributed by atoms with Crippen molar-refractivity contribution in [2.45, 2.75) is 33.3 Å². The van der Waals surface area contributed by atoms with Crippen LogP contribution in [0.5, 0.6) is 0 Å². The molecule has 2 N–H and O–H groups in total. The number of rotatable bonds is 1. The Labute approximate surface area is 128 Å². The number of nitrogens with one attached hydrogen (secondary N) is 1. The van der Waals surface area contributed by atoms with Crippen LogP contribution in [0, 0.1) is 19.8 Å². The maximum atomic E-state index is 12.3. The van der Waals surface area contributed by atoms with Crippen molar-refractivity contribution < 1.29 is 9.90 Å². The number of halogens is 1. The molecule has 2 amide bonds. The summed E-state index contributed by atoms with van der Waals surface area (Å²) in [5.74, 6) is 0.259. The SMILES string of the molecule is Cc1cc(Br)cc(C)c1NC(=O)N1CCC(C)C(O)C1. The van der Waals surface area contributed by atoms with E-state index in [2.05, 4.69) is 21.2 Å². The number of hydrogen-bond acceptors (Lipinski definition) is 2. The molecule has 2 unspecified atom stereocenters. The third-order valence-corrected chi connectivity index (χ3v) is 4.39. The Hall–Kier alpha value is -1.07. The molecule has 20 heavy (non-hydrogen) atoms. The summed E-state index contributed by atoms with van der Waals surface area (Å²) in [6, 6.07) is 3.83. The van der Waals surface area contributed by atoms with E-state index in [1.165, 1.54) is 0 Å². The minimum atomic E-state index is -0.429. The number of aryl methyl sites for hydroxylation is 2. The van der Waals surface area contributed by atoms with Crippen LogP contribution in [0.4, 0.5) is 10.5 Å². The van der Waals surface area contributed by atoms with Crippen molar-refractivity contribution in [2.24, 2.45) is 5.92 Å². The molecular weight excluding hydrogens is 320 g/mol. The Balaban J connectivity index is 2.09. The van der Waals surface area contributed by atoms with Gasteiger partial charge in [-0.1, -0.05) is 22.9 Å². The monoisotopic (exact) mass is 340 g/mol. The smallest absolute Gasteiger partial charge is 0.321 e. The third kappa shape index (κ3) is 3.33. The van der Waals surface area contributed by atoms with Crippen molar-refractivity contribution in [2.75, 3.05) is 18.4 Å². The number of urea groups is 1. The van der Waals surface area contributed by atoms with Gasteiger partial charge in [-0.3, -0.25) is 0 Å². The molecule has 0 bridgehead atoms. The fourth-order valence-electron chi connectivity index (χ4n) is 2.53. The molecule has 1 aliphatic rings. The highest BCUT2D eigenvalue weighted by atomic mass is 79.9. The normalized spacial score (nSPS) is 22.8. The van der Waals surface area contributed by atoms with Gasteiger partial charge in [0.2, 0.25) is 0 Å². The fourth-order valence-corrected chi connectivity index (χ4v) is 3.21. The molecule has 110 valence electrons. The van der Waals surface area contributed by atoms with Gasteiger partial charge in [0, 0.05) is 23.2 Å². The van der Waals surface area contributed by atoms with E-state index in [1.54, 1.807) is 4.90 Å². The molecule has 0 saturated carbocycles. The highest BCUT2D eigenvalue weighted by Crippen LogP contribution is 2.26. The van der Waals surface area contributed by atoms with Gasteiger partial charge in [0.15, 0.2) is 0 Å². The van der Waals surface area contributed by atoms with Gasteiger partial charge >= 0.3 is 6.03 Å². The topological polar surface area (TPSA) is 52.6 Å². The number of carbonyl (C=O) groups excluding carboxylic acids is 1. The van der Waals surface area contributed by atoms with Gasteiger partial charge in [-0.2, -0.15) is 0 Å². The zero-order valence-corrected chi connectivity index (χ0v) is 13.7. The Kier molecular flexibility index (Phi) is 4.70. The molecule has 1 aromatic rings. The number of anilines is 1. The van der Waals surface area contributed by atoms with E-state index >= 15 is 0 Å². The van der Waals surface area contributed by atoms with Crippen LogP contribution in [0.3, 0.4) is 0 Å². The van der Waals surface area contributed by atoms with E-state index in [0.29, 0.717) is 13.1 Å².